The number of fused-ring (bicyclic) bond motifs is 3. The number of carbonyl (C=O) groups excluding carboxylic acids is 1. The van der Waals surface area contributed by atoms with Crippen molar-refractivity contribution in [3.05, 3.63) is 63.5 Å². The number of amides is 1. The molecule has 0 unspecified atom stereocenters. The third-order valence-corrected chi connectivity index (χ3v) is 5.71. The van der Waals surface area contributed by atoms with Crippen LogP contribution in [0.15, 0.2) is 47.1 Å². The molecule has 32 heavy (non-hydrogen) atoms. The van der Waals surface area contributed by atoms with E-state index in [0.717, 1.165) is 6.26 Å². The largest absolute Gasteiger partial charge is 0.751 e. The van der Waals surface area contributed by atoms with E-state index >= 15 is 0 Å². The van der Waals surface area contributed by atoms with Crippen molar-refractivity contribution in [1.82, 2.24) is 4.98 Å². The molecule has 4 rings (SSSR count). The van der Waals surface area contributed by atoms with Gasteiger partial charge in [0.2, 0.25) is 15.9 Å². The summed E-state index contributed by atoms with van der Waals surface area (Å²) in [6, 6.07) is 7.44. The topological polar surface area (TPSA) is 125 Å². The number of sulfonamides is 1. The third-order valence-electron chi connectivity index (χ3n) is 4.55. The summed E-state index contributed by atoms with van der Waals surface area (Å²) in [5, 5.41) is 13.5. The SMILES string of the molecule is COc1ccc(C(=O)N([O-])c2c(Cl)cncc2Cl)c2c1oc1ccc(NS(C)(=O)=O)cc12. The summed E-state index contributed by atoms with van der Waals surface area (Å²) in [6.45, 7) is 0. The van der Waals surface area contributed by atoms with Gasteiger partial charge < -0.3 is 19.4 Å². The van der Waals surface area contributed by atoms with Gasteiger partial charge in [-0.3, -0.25) is 14.5 Å². The zero-order valence-electron chi connectivity index (χ0n) is 16.5. The molecule has 12 heteroatoms. The van der Waals surface area contributed by atoms with Crippen molar-refractivity contribution >= 4 is 72.4 Å². The van der Waals surface area contributed by atoms with E-state index in [0.29, 0.717) is 16.7 Å². The van der Waals surface area contributed by atoms with E-state index in [4.69, 9.17) is 32.4 Å². The lowest BCUT2D eigenvalue weighted by Crippen LogP contribution is -2.25. The molecule has 166 valence electrons. The van der Waals surface area contributed by atoms with Gasteiger partial charge in [0, 0.05) is 28.9 Å². The molecule has 0 atom stereocenters. The first kappa shape index (κ1) is 22.2. The molecular formula is C20H14Cl2N3O6S-. The number of ether oxygens (including phenoxy) is 1. The zero-order valence-corrected chi connectivity index (χ0v) is 18.9. The number of benzene rings is 2. The Kier molecular flexibility index (Phi) is 5.63. The Morgan fingerprint density at radius 2 is 1.88 bits per heavy atom. The number of nitrogens with zero attached hydrogens (tertiary/aromatic N) is 2. The molecular weight excluding hydrogens is 481 g/mol. The minimum atomic E-state index is -3.55. The lowest BCUT2D eigenvalue weighted by atomic mass is 10.0. The lowest BCUT2D eigenvalue weighted by molar-refractivity contribution is 0.0999. The molecule has 0 saturated carbocycles. The molecule has 0 bridgehead atoms. The van der Waals surface area contributed by atoms with Gasteiger partial charge in [-0.2, -0.15) is 0 Å². The summed E-state index contributed by atoms with van der Waals surface area (Å²) in [6.07, 6.45) is 3.40. The Balaban J connectivity index is 1.95. The lowest BCUT2D eigenvalue weighted by Gasteiger charge is -2.30. The van der Waals surface area contributed by atoms with Crippen molar-refractivity contribution in [3.63, 3.8) is 0 Å². The number of hydroxylamine groups is 1. The van der Waals surface area contributed by atoms with Gasteiger partial charge in [0.25, 0.3) is 0 Å². The minimum absolute atomic E-state index is 0.0185. The van der Waals surface area contributed by atoms with E-state index < -0.39 is 15.9 Å². The highest BCUT2D eigenvalue weighted by Crippen LogP contribution is 2.40. The third kappa shape index (κ3) is 3.93. The van der Waals surface area contributed by atoms with Gasteiger partial charge in [0.05, 0.1) is 34.7 Å². The van der Waals surface area contributed by atoms with Crippen LogP contribution in [0.25, 0.3) is 21.9 Å². The Bertz CT molecular complexity index is 1470. The second-order valence-corrected chi connectivity index (χ2v) is 9.32. The minimum Gasteiger partial charge on any atom is -0.751 e. The van der Waals surface area contributed by atoms with Gasteiger partial charge >= 0.3 is 0 Å². The van der Waals surface area contributed by atoms with E-state index in [1.54, 1.807) is 6.07 Å². The molecule has 2 heterocycles. The van der Waals surface area contributed by atoms with Crippen LogP contribution in [0.4, 0.5) is 11.4 Å². The molecule has 0 aliphatic rings. The quantitative estimate of drug-likeness (QED) is 0.394. The van der Waals surface area contributed by atoms with Crippen LogP contribution in [0.1, 0.15) is 10.4 Å². The van der Waals surface area contributed by atoms with Crippen LogP contribution in [0.5, 0.6) is 5.75 Å². The van der Waals surface area contributed by atoms with Crippen LogP contribution in [0.3, 0.4) is 0 Å². The normalized spacial score (nSPS) is 11.7. The first-order valence-corrected chi connectivity index (χ1v) is 11.6. The number of methoxy groups -OCH3 is 1. The monoisotopic (exact) mass is 494 g/mol. The number of anilines is 2. The van der Waals surface area contributed by atoms with E-state index in [1.807, 2.05) is 0 Å². The maximum Gasteiger partial charge on any atom is 0.248 e. The van der Waals surface area contributed by atoms with Crippen LogP contribution >= 0.6 is 23.2 Å². The fraction of sp³-hybridized carbons (Fsp3) is 0.100. The number of nitrogens with one attached hydrogen (secondary N) is 1. The van der Waals surface area contributed by atoms with Gasteiger partial charge in [-0.1, -0.05) is 23.2 Å². The highest BCUT2D eigenvalue weighted by Gasteiger charge is 2.23. The number of furan rings is 1. The van der Waals surface area contributed by atoms with Crippen molar-refractivity contribution in [2.45, 2.75) is 0 Å². The summed E-state index contributed by atoms with van der Waals surface area (Å²) in [7, 11) is -2.12. The number of pyridine rings is 1. The Hall–Kier alpha value is -3.05. The van der Waals surface area contributed by atoms with Gasteiger partial charge in [0.1, 0.15) is 5.58 Å². The van der Waals surface area contributed by atoms with Crippen LogP contribution in [-0.2, 0) is 10.0 Å². The smallest absolute Gasteiger partial charge is 0.248 e. The molecule has 1 N–H and O–H groups in total. The average Bonchev–Trinajstić information content (AvgIpc) is 3.10. The maximum absolute atomic E-state index is 13.2. The molecule has 2 aromatic carbocycles. The molecule has 0 aliphatic carbocycles. The average molecular weight is 495 g/mol. The Morgan fingerprint density at radius 3 is 2.50 bits per heavy atom. The van der Waals surface area contributed by atoms with Crippen molar-refractivity contribution in [1.29, 1.82) is 0 Å². The summed E-state index contributed by atoms with van der Waals surface area (Å²) in [4.78, 5) is 17.0. The number of carbonyl (C=O) groups is 1. The standard InChI is InChI=1S/C20H14Cl2N3O6S/c1-30-16-6-4-11(20(26)25(27)18-13(21)8-23-9-14(18)22)17-12-7-10(24-32(2,28)29)3-5-15(12)31-19(16)17/h3-9,24H,1-2H3/q-1. The van der Waals surface area contributed by atoms with Crippen molar-refractivity contribution < 1.29 is 22.4 Å². The number of aromatic nitrogens is 1. The number of halogens is 2. The predicted octanol–water partition coefficient (Wildman–Crippen LogP) is 4.81. The molecule has 0 spiro atoms. The number of hydrogen-bond acceptors (Lipinski definition) is 7. The molecule has 0 radical (unpaired) electrons. The van der Waals surface area contributed by atoms with Crippen LogP contribution < -0.4 is 14.5 Å². The van der Waals surface area contributed by atoms with Gasteiger partial charge in [-0.05, 0) is 30.3 Å². The maximum atomic E-state index is 13.2. The van der Waals surface area contributed by atoms with Crippen LogP contribution in [-0.4, -0.2) is 32.7 Å². The molecule has 9 nitrogen and oxygen atoms in total. The summed E-state index contributed by atoms with van der Waals surface area (Å²) in [5.41, 5.74) is 0.558. The van der Waals surface area contributed by atoms with E-state index in [1.165, 1.54) is 43.8 Å². The van der Waals surface area contributed by atoms with Gasteiger partial charge in [-0.25, -0.2) is 8.42 Å². The van der Waals surface area contributed by atoms with Crippen molar-refractivity contribution in [3.8, 4) is 5.75 Å². The molecule has 2 aromatic heterocycles. The van der Waals surface area contributed by atoms with Crippen molar-refractivity contribution in [2.75, 3.05) is 23.2 Å². The summed E-state index contributed by atoms with van der Waals surface area (Å²) < 4.78 is 36.8. The van der Waals surface area contributed by atoms with Crippen molar-refractivity contribution in [2.24, 2.45) is 0 Å². The van der Waals surface area contributed by atoms with Crippen LogP contribution in [0, 0.1) is 5.21 Å². The second-order valence-electron chi connectivity index (χ2n) is 6.76. The summed E-state index contributed by atoms with van der Waals surface area (Å²) in [5.74, 6) is -0.639. The fourth-order valence-corrected chi connectivity index (χ4v) is 4.36. The summed E-state index contributed by atoms with van der Waals surface area (Å²) >= 11 is 12.1. The molecule has 0 saturated heterocycles. The van der Waals surface area contributed by atoms with E-state index in [-0.39, 0.29) is 43.0 Å². The predicted molar refractivity (Wildman–Crippen MR) is 123 cm³/mol. The zero-order chi connectivity index (χ0) is 23.2. The first-order chi connectivity index (χ1) is 15.1. The molecule has 1 amide bonds. The number of rotatable bonds is 5. The van der Waals surface area contributed by atoms with Gasteiger partial charge in [-0.15, -0.1) is 0 Å². The molecule has 4 aromatic rings. The highest BCUT2D eigenvalue weighted by molar-refractivity contribution is 7.92. The number of hydrogen-bond donors (Lipinski definition) is 1. The second kappa shape index (κ2) is 8.14. The van der Waals surface area contributed by atoms with Crippen LogP contribution in [0.2, 0.25) is 10.0 Å². The van der Waals surface area contributed by atoms with E-state index in [2.05, 4.69) is 9.71 Å². The highest BCUT2D eigenvalue weighted by atomic mass is 35.5. The van der Waals surface area contributed by atoms with E-state index in [9.17, 15) is 18.4 Å². The Morgan fingerprint density at radius 1 is 1.19 bits per heavy atom. The Labute approximate surface area is 192 Å². The van der Waals surface area contributed by atoms with Gasteiger partial charge in [0.15, 0.2) is 11.3 Å². The molecule has 0 fully saturated rings. The fourth-order valence-electron chi connectivity index (χ4n) is 3.28. The molecule has 0 aliphatic heterocycles. The first-order valence-electron chi connectivity index (χ1n) is 8.92.